The van der Waals surface area contributed by atoms with Gasteiger partial charge < -0.3 is 14.3 Å². The molecule has 3 rings (SSSR count). The summed E-state index contributed by atoms with van der Waals surface area (Å²) in [7, 11) is 0. The Morgan fingerprint density at radius 3 is 2.54 bits per heavy atom. The smallest absolute Gasteiger partial charge is 0.226 e. The van der Waals surface area contributed by atoms with Gasteiger partial charge in [0.25, 0.3) is 0 Å². The minimum absolute atomic E-state index is 0.498. The number of aliphatic hydroxyl groups is 1. The Balaban J connectivity index is 1.58. The van der Waals surface area contributed by atoms with E-state index in [0.29, 0.717) is 18.9 Å². The molecule has 26 heavy (non-hydrogen) atoms. The van der Waals surface area contributed by atoms with Crippen LogP contribution < -0.4 is 4.74 Å². The van der Waals surface area contributed by atoms with Crippen molar-refractivity contribution in [3.8, 4) is 29.0 Å². The molecule has 0 bridgehead atoms. The van der Waals surface area contributed by atoms with Crippen LogP contribution in [-0.2, 0) is 6.42 Å². The predicted octanol–water partition coefficient (Wildman–Crippen LogP) is 4.33. The Kier molecular flexibility index (Phi) is 5.73. The average Bonchev–Trinajstić information content (AvgIpc) is 3.04. The number of hydrogen-bond acceptors (Lipinski definition) is 4. The van der Waals surface area contributed by atoms with Crippen molar-refractivity contribution < 1.29 is 14.3 Å². The standard InChI is InChI=1S/C22H21NO3/c1-3-7-21(24)17-10-12-19(13-11-17)25-15-14-20-16(2)26-22(23-20)18-8-5-4-6-9-18/h4-6,8-13,21,24H,14-15H2,1-2H3. The van der Waals surface area contributed by atoms with Crippen LogP contribution in [0.25, 0.3) is 11.5 Å². The molecule has 132 valence electrons. The number of oxazole rings is 1. The molecule has 0 aliphatic rings. The van der Waals surface area contributed by atoms with Crippen molar-refractivity contribution in [1.82, 2.24) is 4.98 Å². The van der Waals surface area contributed by atoms with Gasteiger partial charge in [0.1, 0.15) is 17.6 Å². The molecule has 1 aromatic heterocycles. The van der Waals surface area contributed by atoms with Crippen LogP contribution in [0.2, 0.25) is 0 Å². The Labute approximate surface area is 153 Å². The van der Waals surface area contributed by atoms with Crippen LogP contribution in [0.15, 0.2) is 59.0 Å². The summed E-state index contributed by atoms with van der Waals surface area (Å²) in [6, 6.07) is 17.1. The number of nitrogens with zero attached hydrogens (tertiary/aromatic N) is 1. The van der Waals surface area contributed by atoms with Crippen LogP contribution in [0, 0.1) is 18.8 Å². The number of aryl methyl sites for hydroxylation is 1. The maximum absolute atomic E-state index is 9.83. The first-order valence-electron chi connectivity index (χ1n) is 8.52. The number of ether oxygens (including phenoxy) is 1. The highest BCUT2D eigenvalue weighted by molar-refractivity contribution is 5.53. The topological polar surface area (TPSA) is 55.5 Å². The fraction of sp³-hybridized carbons (Fsp3) is 0.227. The first kappa shape index (κ1) is 17.8. The maximum atomic E-state index is 9.83. The minimum Gasteiger partial charge on any atom is -0.493 e. The molecular formula is C22H21NO3. The fourth-order valence-electron chi connectivity index (χ4n) is 2.60. The highest BCUT2D eigenvalue weighted by Gasteiger charge is 2.11. The summed E-state index contributed by atoms with van der Waals surface area (Å²) in [5.41, 5.74) is 2.62. The molecule has 3 aromatic rings. The molecule has 0 amide bonds. The zero-order valence-corrected chi connectivity index (χ0v) is 14.9. The monoisotopic (exact) mass is 347 g/mol. The summed E-state index contributed by atoms with van der Waals surface area (Å²) in [5.74, 6) is 7.61. The number of hydrogen-bond donors (Lipinski definition) is 1. The van der Waals surface area contributed by atoms with Gasteiger partial charge in [-0.25, -0.2) is 4.98 Å². The summed E-state index contributed by atoms with van der Waals surface area (Å²) in [6.07, 6.45) is -0.100. The Morgan fingerprint density at radius 1 is 1.12 bits per heavy atom. The SMILES string of the molecule is CC#CC(O)c1ccc(OCCc2nc(-c3ccccc3)oc2C)cc1. The number of aromatic nitrogens is 1. The van der Waals surface area contributed by atoms with Gasteiger partial charge in [-0.3, -0.25) is 0 Å². The van der Waals surface area contributed by atoms with Gasteiger partial charge in [-0.1, -0.05) is 36.3 Å². The lowest BCUT2D eigenvalue weighted by molar-refractivity contribution is 0.238. The second-order valence-electron chi connectivity index (χ2n) is 5.85. The van der Waals surface area contributed by atoms with Crippen molar-refractivity contribution in [2.45, 2.75) is 26.4 Å². The van der Waals surface area contributed by atoms with Crippen molar-refractivity contribution in [2.75, 3.05) is 6.61 Å². The van der Waals surface area contributed by atoms with E-state index < -0.39 is 6.10 Å². The molecule has 0 fully saturated rings. The quantitative estimate of drug-likeness (QED) is 0.675. The molecule has 0 aliphatic carbocycles. The summed E-state index contributed by atoms with van der Waals surface area (Å²) < 4.78 is 11.5. The van der Waals surface area contributed by atoms with E-state index in [2.05, 4.69) is 16.8 Å². The van der Waals surface area contributed by atoms with Crippen LogP contribution in [0.5, 0.6) is 5.75 Å². The molecule has 2 aromatic carbocycles. The van der Waals surface area contributed by atoms with Crippen molar-refractivity contribution in [3.05, 3.63) is 71.6 Å². The number of aliphatic hydroxyl groups excluding tert-OH is 1. The van der Waals surface area contributed by atoms with Gasteiger partial charge in [0.15, 0.2) is 0 Å². The largest absolute Gasteiger partial charge is 0.493 e. The van der Waals surface area contributed by atoms with Gasteiger partial charge >= 0.3 is 0 Å². The van der Waals surface area contributed by atoms with E-state index in [4.69, 9.17) is 9.15 Å². The van der Waals surface area contributed by atoms with E-state index in [1.165, 1.54) is 0 Å². The molecule has 0 saturated heterocycles. The van der Waals surface area contributed by atoms with Crippen LogP contribution in [-0.4, -0.2) is 16.7 Å². The first-order valence-corrected chi connectivity index (χ1v) is 8.52. The van der Waals surface area contributed by atoms with E-state index in [0.717, 1.165) is 28.3 Å². The van der Waals surface area contributed by atoms with Gasteiger partial charge in [-0.05, 0) is 43.7 Å². The second kappa shape index (κ2) is 8.37. The summed E-state index contributed by atoms with van der Waals surface area (Å²) in [4.78, 5) is 4.57. The van der Waals surface area contributed by atoms with Gasteiger partial charge in [-0.2, -0.15) is 0 Å². The molecule has 0 spiro atoms. The predicted molar refractivity (Wildman–Crippen MR) is 101 cm³/mol. The van der Waals surface area contributed by atoms with E-state index in [1.54, 1.807) is 6.92 Å². The van der Waals surface area contributed by atoms with E-state index in [-0.39, 0.29) is 0 Å². The molecule has 4 heteroatoms. The lowest BCUT2D eigenvalue weighted by Gasteiger charge is -2.07. The van der Waals surface area contributed by atoms with Gasteiger partial charge in [-0.15, -0.1) is 5.92 Å². The maximum Gasteiger partial charge on any atom is 0.226 e. The number of rotatable bonds is 6. The Bertz CT molecular complexity index is 902. The van der Waals surface area contributed by atoms with Gasteiger partial charge in [0.05, 0.1) is 12.3 Å². The summed E-state index contributed by atoms with van der Waals surface area (Å²) in [6.45, 7) is 4.12. The molecule has 0 saturated carbocycles. The highest BCUT2D eigenvalue weighted by atomic mass is 16.5. The van der Waals surface area contributed by atoms with Crippen molar-refractivity contribution in [1.29, 1.82) is 0 Å². The van der Waals surface area contributed by atoms with Crippen LogP contribution >= 0.6 is 0 Å². The molecule has 0 aliphatic heterocycles. The molecule has 1 atom stereocenters. The van der Waals surface area contributed by atoms with Crippen molar-refractivity contribution in [2.24, 2.45) is 0 Å². The lowest BCUT2D eigenvalue weighted by atomic mass is 10.1. The van der Waals surface area contributed by atoms with Crippen LogP contribution in [0.1, 0.15) is 30.0 Å². The summed E-state index contributed by atoms with van der Waals surface area (Å²) in [5, 5.41) is 9.83. The molecule has 1 unspecified atom stereocenters. The van der Waals surface area contributed by atoms with Gasteiger partial charge in [0, 0.05) is 12.0 Å². The summed E-state index contributed by atoms with van der Waals surface area (Å²) >= 11 is 0. The minimum atomic E-state index is -0.761. The molecular weight excluding hydrogens is 326 g/mol. The lowest BCUT2D eigenvalue weighted by Crippen LogP contribution is -2.03. The zero-order chi connectivity index (χ0) is 18.4. The average molecular weight is 347 g/mol. The fourth-order valence-corrected chi connectivity index (χ4v) is 2.60. The third-order valence-corrected chi connectivity index (χ3v) is 4.00. The van der Waals surface area contributed by atoms with Crippen LogP contribution in [0.3, 0.4) is 0 Å². The third-order valence-electron chi connectivity index (χ3n) is 4.00. The van der Waals surface area contributed by atoms with Crippen molar-refractivity contribution >= 4 is 0 Å². The van der Waals surface area contributed by atoms with Crippen LogP contribution in [0.4, 0.5) is 0 Å². The van der Waals surface area contributed by atoms with E-state index in [1.807, 2.05) is 61.5 Å². The molecule has 4 nitrogen and oxygen atoms in total. The second-order valence-corrected chi connectivity index (χ2v) is 5.85. The highest BCUT2D eigenvalue weighted by Crippen LogP contribution is 2.22. The first-order chi connectivity index (χ1) is 12.7. The normalized spacial score (nSPS) is 11.5. The van der Waals surface area contributed by atoms with E-state index >= 15 is 0 Å². The Hall–Kier alpha value is -3.03. The molecule has 1 heterocycles. The third kappa shape index (κ3) is 4.33. The number of benzene rings is 2. The van der Waals surface area contributed by atoms with E-state index in [9.17, 15) is 5.11 Å². The zero-order valence-electron chi connectivity index (χ0n) is 14.9. The molecule has 0 radical (unpaired) electrons. The van der Waals surface area contributed by atoms with Gasteiger partial charge in [0.2, 0.25) is 5.89 Å². The van der Waals surface area contributed by atoms with Crippen molar-refractivity contribution in [3.63, 3.8) is 0 Å². The Morgan fingerprint density at radius 2 is 1.85 bits per heavy atom. The molecule has 1 N–H and O–H groups in total.